The molecule has 0 saturated carbocycles. The number of rotatable bonds is 20. The molecule has 0 aliphatic carbocycles. The zero-order chi connectivity index (χ0) is 38.7. The minimum atomic E-state index is -5.71. The van der Waals surface area contributed by atoms with Crippen LogP contribution in [0.2, 0.25) is 0 Å². The van der Waals surface area contributed by atoms with E-state index >= 15 is 8.78 Å². The van der Waals surface area contributed by atoms with Crippen LogP contribution < -0.4 is 5.32 Å². The summed E-state index contributed by atoms with van der Waals surface area (Å²) in [7, 11) is -11.4. The number of carbonyl (C=O) groups excluding carboxylic acids is 3. The molecule has 0 bridgehead atoms. The smallest absolute Gasteiger partial charge is 0.369 e. The van der Waals surface area contributed by atoms with E-state index < -0.39 is 81.1 Å². The van der Waals surface area contributed by atoms with Crippen molar-refractivity contribution in [2.24, 2.45) is 0 Å². The first-order valence-electron chi connectivity index (χ1n) is 16.3. The molecule has 1 aliphatic rings. The van der Waals surface area contributed by atoms with Crippen molar-refractivity contribution in [3.8, 4) is 0 Å². The number of aliphatic carboxylic acids is 1. The molecule has 0 spiro atoms. The lowest BCUT2D eigenvalue weighted by atomic mass is 10.0. The van der Waals surface area contributed by atoms with Crippen LogP contribution in [-0.4, -0.2) is 88.8 Å². The minimum Gasteiger partial charge on any atom is -0.481 e. The van der Waals surface area contributed by atoms with Gasteiger partial charge in [-0.2, -0.15) is 8.78 Å². The Morgan fingerprint density at radius 3 is 2.17 bits per heavy atom. The van der Waals surface area contributed by atoms with Crippen LogP contribution in [0.1, 0.15) is 72.9 Å². The van der Waals surface area contributed by atoms with E-state index in [2.05, 4.69) is 5.32 Å². The predicted octanol–water partition coefficient (Wildman–Crippen LogP) is 3.64. The molecule has 1 fully saturated rings. The number of esters is 1. The van der Waals surface area contributed by atoms with E-state index in [1.165, 1.54) is 54.6 Å². The monoisotopic (exact) mass is 774 g/mol. The SMILES string of the molecule is O=C(O)CCCCCCN1C(=O)CC[C@@H]1/C=C/[C@@H](OC(=O)Cc1ccc(C(=O)NCCC(O)(P(=O)(O)O)P(=O)(O)O)cc1)C(F)(F)c1ccccc1. The second kappa shape index (κ2) is 18.3. The number of unbranched alkanes of at least 4 members (excludes halogenated alkanes) is 3. The Morgan fingerprint density at radius 2 is 1.58 bits per heavy atom. The molecule has 7 N–H and O–H groups in total. The number of carboxylic acids is 1. The van der Waals surface area contributed by atoms with Gasteiger partial charge in [-0.25, -0.2) is 0 Å². The minimum absolute atomic E-state index is 0.0413. The standard InChI is InChI=1S/C33H42F2N2O13P2/c34-33(35,25-8-4-3-5-9-25)27(17-15-26-16-18-28(38)37(26)21-7-2-1-6-10-29(39)40)50-30(41)22-23-11-13-24(14-12-23)31(42)36-20-19-32(43,51(44,45)46)52(47,48)49/h3-5,8-9,11-15,17,26-27,43H,1-2,6-7,10,16,18-22H2,(H,36,42)(H,39,40)(H2,44,45,46)(H2,47,48,49)/b17-15+/t26-,27+/m0/s1. The van der Waals surface area contributed by atoms with Crippen LogP contribution in [0.4, 0.5) is 8.78 Å². The highest BCUT2D eigenvalue weighted by Crippen LogP contribution is 2.68. The third-order valence-electron chi connectivity index (χ3n) is 8.44. The molecule has 286 valence electrons. The van der Waals surface area contributed by atoms with Crippen LogP contribution in [0.25, 0.3) is 0 Å². The first kappa shape index (κ1) is 42.6. The average Bonchev–Trinajstić information content (AvgIpc) is 3.42. The second-order valence-electron chi connectivity index (χ2n) is 12.3. The number of hydrogen-bond donors (Lipinski definition) is 7. The van der Waals surface area contributed by atoms with Crippen molar-refractivity contribution < 1.29 is 71.6 Å². The number of amides is 2. The van der Waals surface area contributed by atoms with Gasteiger partial charge in [0.25, 0.3) is 11.0 Å². The van der Waals surface area contributed by atoms with Gasteiger partial charge in [0.05, 0.1) is 12.5 Å². The molecular formula is C33H42F2N2O13P2. The van der Waals surface area contributed by atoms with Crippen LogP contribution in [0.5, 0.6) is 0 Å². The van der Waals surface area contributed by atoms with Gasteiger partial charge >= 0.3 is 33.1 Å². The third-order valence-corrected chi connectivity index (χ3v) is 12.3. The molecule has 1 saturated heterocycles. The Kier molecular flexibility index (Phi) is 15.0. The lowest BCUT2D eigenvalue weighted by Gasteiger charge is -2.29. The predicted molar refractivity (Wildman–Crippen MR) is 181 cm³/mol. The molecule has 3 rings (SSSR count). The van der Waals surface area contributed by atoms with E-state index in [0.717, 1.165) is 6.08 Å². The molecular weight excluding hydrogens is 732 g/mol. The summed E-state index contributed by atoms with van der Waals surface area (Å²) in [6, 6.07) is 11.4. The van der Waals surface area contributed by atoms with Crippen LogP contribution >= 0.6 is 15.2 Å². The third kappa shape index (κ3) is 11.6. The van der Waals surface area contributed by atoms with Crippen molar-refractivity contribution in [3.05, 3.63) is 83.4 Å². The Balaban J connectivity index is 1.67. The Bertz CT molecular complexity index is 1660. The highest BCUT2D eigenvalue weighted by molar-refractivity contribution is 7.72. The van der Waals surface area contributed by atoms with Crippen LogP contribution in [0.3, 0.4) is 0 Å². The van der Waals surface area contributed by atoms with Crippen molar-refractivity contribution in [2.45, 2.75) is 80.9 Å². The van der Waals surface area contributed by atoms with E-state index in [1.807, 2.05) is 0 Å². The number of halogens is 2. The van der Waals surface area contributed by atoms with Crippen molar-refractivity contribution >= 4 is 38.9 Å². The van der Waals surface area contributed by atoms with E-state index in [0.29, 0.717) is 38.6 Å². The van der Waals surface area contributed by atoms with E-state index in [9.17, 15) is 53.0 Å². The number of alkyl halides is 2. The zero-order valence-electron chi connectivity index (χ0n) is 27.9. The Labute approximate surface area is 298 Å². The highest BCUT2D eigenvalue weighted by Gasteiger charge is 2.58. The molecule has 2 atom stereocenters. The van der Waals surface area contributed by atoms with Gasteiger partial charge in [0.1, 0.15) is 0 Å². The lowest BCUT2D eigenvalue weighted by Crippen LogP contribution is -2.36. The van der Waals surface area contributed by atoms with Crippen molar-refractivity contribution in [3.63, 3.8) is 0 Å². The van der Waals surface area contributed by atoms with Gasteiger partial charge in [-0.05, 0) is 43.0 Å². The maximum atomic E-state index is 15.8. The fraction of sp³-hybridized carbons (Fsp3) is 0.455. The molecule has 15 nitrogen and oxygen atoms in total. The van der Waals surface area contributed by atoms with E-state index in [-0.39, 0.29) is 29.9 Å². The van der Waals surface area contributed by atoms with Gasteiger partial charge in [0.15, 0.2) is 6.10 Å². The zero-order valence-corrected chi connectivity index (χ0v) is 29.7. The van der Waals surface area contributed by atoms with Crippen molar-refractivity contribution in [2.75, 3.05) is 13.1 Å². The maximum Gasteiger partial charge on any atom is 0.369 e. The number of carbonyl (C=O) groups is 4. The molecule has 0 aromatic heterocycles. The first-order chi connectivity index (χ1) is 24.3. The second-order valence-corrected chi connectivity index (χ2v) is 16.3. The van der Waals surface area contributed by atoms with Gasteiger partial charge in [-0.3, -0.25) is 28.3 Å². The van der Waals surface area contributed by atoms with Gasteiger partial charge in [0, 0.05) is 43.5 Å². The summed E-state index contributed by atoms with van der Waals surface area (Å²) in [4.78, 5) is 87.2. The summed E-state index contributed by atoms with van der Waals surface area (Å²) in [6.45, 7) is -0.372. The number of likely N-dealkylation sites (tertiary alicyclic amines) is 1. The van der Waals surface area contributed by atoms with Gasteiger partial charge in [-0.1, -0.05) is 61.4 Å². The van der Waals surface area contributed by atoms with Crippen molar-refractivity contribution in [1.82, 2.24) is 10.2 Å². The molecule has 2 amide bonds. The topological polar surface area (TPSA) is 248 Å². The molecule has 19 heteroatoms. The number of nitrogens with one attached hydrogen (secondary N) is 1. The largest absolute Gasteiger partial charge is 0.481 e. The number of benzene rings is 2. The van der Waals surface area contributed by atoms with Gasteiger partial charge < -0.3 is 44.7 Å². The van der Waals surface area contributed by atoms with Crippen LogP contribution in [0, 0.1) is 0 Å². The summed E-state index contributed by atoms with van der Waals surface area (Å²) in [6.07, 6.45) is 1.90. The average molecular weight is 775 g/mol. The lowest BCUT2D eigenvalue weighted by molar-refractivity contribution is -0.167. The molecule has 52 heavy (non-hydrogen) atoms. The number of hydrogen-bond acceptors (Lipinski definition) is 8. The number of nitrogens with zero attached hydrogens (tertiary/aromatic N) is 1. The molecule has 0 radical (unpaired) electrons. The number of carboxylic acid groups (broad SMARTS) is 1. The maximum absolute atomic E-state index is 15.8. The fourth-order valence-electron chi connectivity index (χ4n) is 5.48. The molecule has 2 aromatic carbocycles. The summed E-state index contributed by atoms with van der Waals surface area (Å²) in [5.41, 5.74) is -0.186. The number of aliphatic hydroxyl groups is 1. The van der Waals surface area contributed by atoms with E-state index in [1.54, 1.807) is 11.0 Å². The van der Waals surface area contributed by atoms with Crippen molar-refractivity contribution in [1.29, 1.82) is 0 Å². The summed E-state index contributed by atoms with van der Waals surface area (Å²) in [5.74, 6) is -6.58. The van der Waals surface area contributed by atoms with Gasteiger partial charge in [0.2, 0.25) is 5.91 Å². The number of ether oxygens (including phenoxy) is 1. The fourth-order valence-corrected chi connectivity index (χ4v) is 7.64. The summed E-state index contributed by atoms with van der Waals surface area (Å²) >= 11 is 0. The Morgan fingerprint density at radius 1 is 0.962 bits per heavy atom. The summed E-state index contributed by atoms with van der Waals surface area (Å²) in [5, 5.41) is 17.2. The molecule has 1 aliphatic heterocycles. The first-order valence-corrected chi connectivity index (χ1v) is 19.5. The molecule has 0 unspecified atom stereocenters. The highest BCUT2D eigenvalue weighted by atomic mass is 31.2. The molecule has 1 heterocycles. The van der Waals surface area contributed by atoms with Crippen LogP contribution in [0.15, 0.2) is 66.7 Å². The quantitative estimate of drug-likeness (QED) is 0.0440. The van der Waals surface area contributed by atoms with Crippen LogP contribution in [-0.2, 0) is 40.6 Å². The molecule has 2 aromatic rings. The summed E-state index contributed by atoms with van der Waals surface area (Å²) < 4.78 is 59.9. The van der Waals surface area contributed by atoms with Gasteiger partial charge in [-0.15, -0.1) is 0 Å². The normalized spacial score (nSPS) is 16.2. The van der Waals surface area contributed by atoms with E-state index in [4.69, 9.17) is 9.84 Å². The Hall–Kier alpha value is -3.82.